The second-order valence-corrected chi connectivity index (χ2v) is 3.82. The Hall–Kier alpha value is -0.160. The van der Waals surface area contributed by atoms with Crippen molar-refractivity contribution in [1.29, 1.82) is 0 Å². The fourth-order valence-corrected chi connectivity index (χ4v) is 1.18. The van der Waals surface area contributed by atoms with Gasteiger partial charge in [0.15, 0.2) is 0 Å². The number of hydrogen-bond donors (Lipinski definition) is 1. The number of ether oxygens (including phenoxy) is 3. The molecule has 4 heteroatoms. The summed E-state index contributed by atoms with van der Waals surface area (Å²) in [5.74, 6) is 0.587. The molecule has 1 N–H and O–H groups in total. The molecular weight excluding hydrogens is 194 g/mol. The predicted molar refractivity (Wildman–Crippen MR) is 61.2 cm³/mol. The summed E-state index contributed by atoms with van der Waals surface area (Å²) in [4.78, 5) is 0. The Labute approximate surface area is 93.3 Å². The van der Waals surface area contributed by atoms with Gasteiger partial charge in [0.05, 0.1) is 33.0 Å². The van der Waals surface area contributed by atoms with Crippen molar-refractivity contribution in [2.45, 2.75) is 19.9 Å². The molecule has 0 aromatic heterocycles. The number of hydrogen-bond acceptors (Lipinski definition) is 4. The minimum absolute atomic E-state index is 0.420. The van der Waals surface area contributed by atoms with Crippen molar-refractivity contribution < 1.29 is 14.2 Å². The largest absolute Gasteiger partial charge is 0.382 e. The summed E-state index contributed by atoms with van der Waals surface area (Å²) in [6, 6.07) is 0.420. The van der Waals surface area contributed by atoms with Crippen molar-refractivity contribution in [2.24, 2.45) is 5.92 Å². The van der Waals surface area contributed by atoms with Gasteiger partial charge in [0, 0.05) is 13.2 Å². The highest BCUT2D eigenvalue weighted by Crippen LogP contribution is 2.00. The van der Waals surface area contributed by atoms with Crippen LogP contribution in [0.5, 0.6) is 0 Å². The summed E-state index contributed by atoms with van der Waals surface area (Å²) in [5, 5.41) is 3.23. The molecule has 15 heavy (non-hydrogen) atoms. The molecule has 4 nitrogen and oxygen atoms in total. The van der Waals surface area contributed by atoms with E-state index in [2.05, 4.69) is 19.2 Å². The van der Waals surface area contributed by atoms with Gasteiger partial charge in [-0.15, -0.1) is 0 Å². The van der Waals surface area contributed by atoms with Crippen LogP contribution in [0.25, 0.3) is 0 Å². The molecule has 0 fully saturated rings. The first-order valence-corrected chi connectivity index (χ1v) is 5.54. The molecule has 0 rings (SSSR count). The predicted octanol–water partition coefficient (Wildman–Crippen LogP) is 0.910. The van der Waals surface area contributed by atoms with Gasteiger partial charge in [-0.25, -0.2) is 0 Å². The van der Waals surface area contributed by atoms with E-state index in [0.717, 1.165) is 6.61 Å². The quantitative estimate of drug-likeness (QED) is 0.554. The van der Waals surface area contributed by atoms with Gasteiger partial charge >= 0.3 is 0 Å². The molecule has 92 valence electrons. The summed E-state index contributed by atoms with van der Waals surface area (Å²) >= 11 is 0. The van der Waals surface area contributed by atoms with E-state index in [9.17, 15) is 0 Å². The first kappa shape index (κ1) is 14.8. The molecule has 0 aliphatic heterocycles. The van der Waals surface area contributed by atoms with Gasteiger partial charge in [-0.1, -0.05) is 13.8 Å². The highest BCUT2D eigenvalue weighted by Gasteiger charge is 2.09. The van der Waals surface area contributed by atoms with E-state index in [0.29, 0.717) is 38.4 Å². The van der Waals surface area contributed by atoms with E-state index in [1.165, 1.54) is 0 Å². The van der Waals surface area contributed by atoms with Gasteiger partial charge in [-0.05, 0) is 13.0 Å². The molecule has 1 unspecified atom stereocenters. The molecule has 0 bridgehead atoms. The van der Waals surface area contributed by atoms with E-state index < -0.39 is 0 Å². The van der Waals surface area contributed by atoms with Crippen LogP contribution in [0, 0.1) is 5.92 Å². The Bertz CT molecular complexity index is 131. The number of likely N-dealkylation sites (N-methyl/N-ethyl adjacent to an activating group) is 1. The van der Waals surface area contributed by atoms with Crippen LogP contribution in [0.1, 0.15) is 13.8 Å². The van der Waals surface area contributed by atoms with Crippen LogP contribution in [0.3, 0.4) is 0 Å². The average Bonchev–Trinajstić information content (AvgIpc) is 2.21. The Balaban J connectivity index is 3.22. The molecule has 0 saturated carbocycles. The van der Waals surface area contributed by atoms with Gasteiger partial charge in [0.25, 0.3) is 0 Å². The third kappa shape index (κ3) is 8.81. The summed E-state index contributed by atoms with van der Waals surface area (Å²) < 4.78 is 15.6. The first-order chi connectivity index (χ1) is 7.22. The molecule has 0 amide bonds. The number of rotatable bonds is 10. The highest BCUT2D eigenvalue weighted by atomic mass is 16.5. The molecule has 0 aliphatic carbocycles. The lowest BCUT2D eigenvalue weighted by atomic mass is 10.1. The minimum Gasteiger partial charge on any atom is -0.382 e. The van der Waals surface area contributed by atoms with E-state index in [-0.39, 0.29) is 0 Å². The Morgan fingerprint density at radius 1 is 1.00 bits per heavy atom. The zero-order valence-electron chi connectivity index (χ0n) is 10.4. The fourth-order valence-electron chi connectivity index (χ4n) is 1.18. The number of methoxy groups -OCH3 is 1. The van der Waals surface area contributed by atoms with Gasteiger partial charge in [0.2, 0.25) is 0 Å². The maximum atomic E-state index is 5.50. The summed E-state index contributed by atoms with van der Waals surface area (Å²) in [6.45, 7) is 7.66. The summed E-state index contributed by atoms with van der Waals surface area (Å²) in [5.41, 5.74) is 0. The van der Waals surface area contributed by atoms with Crippen LogP contribution in [0.4, 0.5) is 0 Å². The standard InChI is InChI=1S/C11H25NO3/c1-10(2)11(12-3)9-15-8-7-14-6-5-13-4/h10-12H,5-9H2,1-4H3. The Kier molecular flexibility index (Phi) is 10.3. The molecular formula is C11H25NO3. The van der Waals surface area contributed by atoms with Crippen molar-refractivity contribution in [1.82, 2.24) is 5.32 Å². The molecule has 0 spiro atoms. The van der Waals surface area contributed by atoms with Crippen molar-refractivity contribution >= 4 is 0 Å². The molecule has 0 radical (unpaired) electrons. The second-order valence-electron chi connectivity index (χ2n) is 3.82. The van der Waals surface area contributed by atoms with Crippen LogP contribution in [0.2, 0.25) is 0 Å². The van der Waals surface area contributed by atoms with E-state index in [4.69, 9.17) is 14.2 Å². The molecule has 0 aromatic carbocycles. The number of nitrogens with one attached hydrogen (secondary N) is 1. The van der Waals surface area contributed by atoms with Crippen LogP contribution < -0.4 is 5.32 Å². The van der Waals surface area contributed by atoms with Crippen molar-refractivity contribution in [3.05, 3.63) is 0 Å². The van der Waals surface area contributed by atoms with Crippen LogP contribution in [-0.2, 0) is 14.2 Å². The van der Waals surface area contributed by atoms with E-state index in [1.807, 2.05) is 7.05 Å². The lowest BCUT2D eigenvalue weighted by Gasteiger charge is -2.19. The molecule has 1 atom stereocenters. The molecule has 0 heterocycles. The Morgan fingerprint density at radius 3 is 2.13 bits per heavy atom. The van der Waals surface area contributed by atoms with Crippen LogP contribution in [-0.4, -0.2) is 53.2 Å². The normalized spacial score (nSPS) is 13.4. The maximum absolute atomic E-state index is 5.50. The van der Waals surface area contributed by atoms with Crippen LogP contribution >= 0.6 is 0 Å². The van der Waals surface area contributed by atoms with Crippen LogP contribution in [0.15, 0.2) is 0 Å². The van der Waals surface area contributed by atoms with Crippen molar-refractivity contribution in [3.63, 3.8) is 0 Å². The zero-order chi connectivity index (χ0) is 11.5. The Morgan fingerprint density at radius 2 is 1.60 bits per heavy atom. The SMILES string of the molecule is CNC(COCCOCCOC)C(C)C. The molecule has 0 aliphatic rings. The minimum atomic E-state index is 0.420. The average molecular weight is 219 g/mol. The lowest BCUT2D eigenvalue weighted by Crippen LogP contribution is -2.35. The molecule has 0 aromatic rings. The monoisotopic (exact) mass is 219 g/mol. The third-order valence-corrected chi connectivity index (χ3v) is 2.28. The molecule has 0 saturated heterocycles. The van der Waals surface area contributed by atoms with Gasteiger partial charge < -0.3 is 19.5 Å². The van der Waals surface area contributed by atoms with E-state index in [1.54, 1.807) is 7.11 Å². The fraction of sp³-hybridized carbons (Fsp3) is 1.00. The first-order valence-electron chi connectivity index (χ1n) is 5.54. The third-order valence-electron chi connectivity index (χ3n) is 2.28. The summed E-state index contributed by atoms with van der Waals surface area (Å²) in [6.07, 6.45) is 0. The van der Waals surface area contributed by atoms with Crippen molar-refractivity contribution in [3.8, 4) is 0 Å². The zero-order valence-corrected chi connectivity index (χ0v) is 10.4. The van der Waals surface area contributed by atoms with Gasteiger partial charge in [-0.3, -0.25) is 0 Å². The maximum Gasteiger partial charge on any atom is 0.0701 e. The highest BCUT2D eigenvalue weighted by molar-refractivity contribution is 4.66. The smallest absolute Gasteiger partial charge is 0.0701 e. The van der Waals surface area contributed by atoms with Gasteiger partial charge in [-0.2, -0.15) is 0 Å². The second kappa shape index (κ2) is 10.4. The topological polar surface area (TPSA) is 39.7 Å². The van der Waals surface area contributed by atoms with Gasteiger partial charge in [0.1, 0.15) is 0 Å². The lowest BCUT2D eigenvalue weighted by molar-refractivity contribution is 0.0168. The van der Waals surface area contributed by atoms with Crippen molar-refractivity contribution in [2.75, 3.05) is 47.2 Å². The summed E-state index contributed by atoms with van der Waals surface area (Å²) in [7, 11) is 3.63. The van der Waals surface area contributed by atoms with E-state index >= 15 is 0 Å².